The molecule has 1 atom stereocenters. The second kappa shape index (κ2) is 9.25. The lowest BCUT2D eigenvalue weighted by molar-refractivity contribution is -0.137. The lowest BCUT2D eigenvalue weighted by Crippen LogP contribution is -2.63. The molecule has 1 unspecified atom stereocenters. The quantitative estimate of drug-likeness (QED) is 0.527. The first kappa shape index (κ1) is 24.3. The van der Waals surface area contributed by atoms with Gasteiger partial charge in [-0.3, -0.25) is 14.4 Å². The van der Waals surface area contributed by atoms with Crippen molar-refractivity contribution in [2.24, 2.45) is 5.92 Å². The number of hydrogen-bond acceptors (Lipinski definition) is 3. The van der Waals surface area contributed by atoms with Crippen molar-refractivity contribution in [3.8, 4) is 11.1 Å². The smallest absolute Gasteiger partial charge is 0.357 e. The molecule has 0 spiro atoms. The molecule has 33 heavy (non-hydrogen) atoms. The number of hydrogen-bond donors (Lipinski definition) is 3. The Labute approximate surface area is 189 Å². The van der Waals surface area contributed by atoms with E-state index in [1.54, 1.807) is 19.1 Å². The number of rotatable bonds is 8. The highest BCUT2D eigenvalue weighted by Gasteiger charge is 2.50. The van der Waals surface area contributed by atoms with Crippen molar-refractivity contribution in [1.82, 2.24) is 16.0 Å². The monoisotopic (exact) mass is 461 g/mol. The molecule has 1 fully saturated rings. The highest BCUT2D eigenvalue weighted by Crippen LogP contribution is 2.40. The predicted molar refractivity (Wildman–Crippen MR) is 117 cm³/mol. The van der Waals surface area contributed by atoms with Gasteiger partial charge in [-0.2, -0.15) is 13.2 Å². The van der Waals surface area contributed by atoms with Gasteiger partial charge in [0.1, 0.15) is 5.54 Å². The maximum atomic E-state index is 13.2. The molecule has 1 saturated carbocycles. The van der Waals surface area contributed by atoms with Crippen LogP contribution in [-0.4, -0.2) is 37.4 Å². The van der Waals surface area contributed by atoms with Gasteiger partial charge in [-0.25, -0.2) is 0 Å². The van der Waals surface area contributed by atoms with Gasteiger partial charge in [-0.1, -0.05) is 18.2 Å². The second-order valence-corrected chi connectivity index (χ2v) is 8.27. The number of nitrogens with one attached hydrogen (secondary N) is 3. The van der Waals surface area contributed by atoms with Gasteiger partial charge < -0.3 is 16.0 Å². The number of likely N-dealkylation sites (N-methyl/N-ethyl adjacent to an activating group) is 1. The standard InChI is InChI=1S/C24H26F3N3O3/c1-14-4-11-19(20(15(14)2)16-5-7-18(8-6-16)24(25,26)27)21(32)29-12-23(30-13-31,17-9-10-17)22(33)28-3/h4-8,11,13,17H,9-10,12H2,1-3H3,(H,28,33)(H,29,32)(H,30,31). The highest BCUT2D eigenvalue weighted by atomic mass is 19.4. The van der Waals surface area contributed by atoms with Crippen molar-refractivity contribution < 1.29 is 27.6 Å². The third-order valence-corrected chi connectivity index (χ3v) is 6.23. The molecule has 0 heterocycles. The van der Waals surface area contributed by atoms with E-state index in [0.717, 1.165) is 36.1 Å². The van der Waals surface area contributed by atoms with Crippen molar-refractivity contribution in [2.75, 3.05) is 13.6 Å². The van der Waals surface area contributed by atoms with Crippen molar-refractivity contribution in [1.29, 1.82) is 0 Å². The number of aryl methyl sites for hydroxylation is 1. The van der Waals surface area contributed by atoms with Crippen molar-refractivity contribution in [2.45, 2.75) is 38.4 Å². The van der Waals surface area contributed by atoms with Crippen LogP contribution in [-0.2, 0) is 15.8 Å². The Morgan fingerprint density at radius 1 is 1.06 bits per heavy atom. The highest BCUT2D eigenvalue weighted by molar-refractivity contribution is 6.02. The summed E-state index contributed by atoms with van der Waals surface area (Å²) in [6.07, 6.45) is -2.53. The van der Waals surface area contributed by atoms with Crippen LogP contribution >= 0.6 is 0 Å². The fraction of sp³-hybridized carbons (Fsp3) is 0.375. The van der Waals surface area contributed by atoms with E-state index in [0.29, 0.717) is 17.5 Å². The van der Waals surface area contributed by atoms with E-state index >= 15 is 0 Å². The minimum Gasteiger partial charge on any atom is -0.357 e. The number of amides is 3. The molecule has 176 valence electrons. The molecule has 3 amide bonds. The fourth-order valence-corrected chi connectivity index (χ4v) is 4.07. The Kier molecular flexibility index (Phi) is 6.81. The number of carbonyl (C=O) groups is 3. The molecule has 0 aromatic heterocycles. The molecule has 1 aliphatic carbocycles. The van der Waals surface area contributed by atoms with Crippen molar-refractivity contribution in [3.05, 3.63) is 58.7 Å². The molecule has 1 aliphatic rings. The number of carbonyl (C=O) groups excluding carboxylic acids is 3. The van der Waals surface area contributed by atoms with Crippen LogP contribution < -0.4 is 16.0 Å². The minimum atomic E-state index is -4.46. The van der Waals surface area contributed by atoms with Gasteiger partial charge in [0.05, 0.1) is 12.1 Å². The van der Waals surface area contributed by atoms with Crippen LogP contribution in [0.5, 0.6) is 0 Å². The van der Waals surface area contributed by atoms with E-state index in [4.69, 9.17) is 0 Å². The maximum Gasteiger partial charge on any atom is 0.416 e. The maximum absolute atomic E-state index is 13.2. The van der Waals surface area contributed by atoms with Gasteiger partial charge in [0.25, 0.3) is 5.91 Å². The van der Waals surface area contributed by atoms with Gasteiger partial charge in [0.15, 0.2) is 0 Å². The Hall–Kier alpha value is -3.36. The first-order valence-electron chi connectivity index (χ1n) is 10.5. The first-order chi connectivity index (χ1) is 15.5. The topological polar surface area (TPSA) is 87.3 Å². The summed E-state index contributed by atoms with van der Waals surface area (Å²) in [7, 11) is 1.46. The molecule has 0 bridgehead atoms. The Balaban J connectivity index is 1.95. The fourth-order valence-electron chi connectivity index (χ4n) is 4.07. The van der Waals surface area contributed by atoms with Crippen LogP contribution in [0.15, 0.2) is 36.4 Å². The van der Waals surface area contributed by atoms with Gasteiger partial charge in [0, 0.05) is 12.6 Å². The van der Waals surface area contributed by atoms with Crippen LogP contribution in [0.3, 0.4) is 0 Å². The van der Waals surface area contributed by atoms with E-state index in [1.165, 1.54) is 19.2 Å². The third-order valence-electron chi connectivity index (χ3n) is 6.23. The predicted octanol–water partition coefficient (Wildman–Crippen LogP) is 3.36. The molecule has 6 nitrogen and oxygen atoms in total. The van der Waals surface area contributed by atoms with Crippen LogP contribution in [0.1, 0.15) is 39.9 Å². The largest absolute Gasteiger partial charge is 0.416 e. The first-order valence-corrected chi connectivity index (χ1v) is 10.5. The van der Waals surface area contributed by atoms with E-state index in [9.17, 15) is 27.6 Å². The minimum absolute atomic E-state index is 0.0999. The zero-order valence-electron chi connectivity index (χ0n) is 18.6. The average molecular weight is 461 g/mol. The molecule has 0 saturated heterocycles. The summed E-state index contributed by atoms with van der Waals surface area (Å²) in [6, 6.07) is 8.01. The molecule has 0 radical (unpaired) electrons. The normalized spacial score (nSPS) is 15.3. The van der Waals surface area contributed by atoms with Gasteiger partial charge in [-0.05, 0) is 73.1 Å². The Bertz CT molecular complexity index is 1060. The molecule has 0 aliphatic heterocycles. The van der Waals surface area contributed by atoms with Crippen LogP contribution in [0, 0.1) is 19.8 Å². The lowest BCUT2D eigenvalue weighted by atomic mass is 9.90. The summed E-state index contributed by atoms with van der Waals surface area (Å²) < 4.78 is 39.0. The molecular weight excluding hydrogens is 435 g/mol. The SMILES string of the molecule is CNC(=O)C(CNC(=O)c1ccc(C)c(C)c1-c1ccc(C(F)(F)F)cc1)(NC=O)C1CC1. The average Bonchev–Trinajstić information content (AvgIpc) is 3.63. The van der Waals surface area contributed by atoms with Gasteiger partial charge >= 0.3 is 6.18 Å². The van der Waals surface area contributed by atoms with Crippen molar-refractivity contribution >= 4 is 18.2 Å². The van der Waals surface area contributed by atoms with E-state index in [-0.39, 0.29) is 18.0 Å². The summed E-state index contributed by atoms with van der Waals surface area (Å²) in [5.74, 6) is -0.993. The second-order valence-electron chi connectivity index (χ2n) is 8.27. The Morgan fingerprint density at radius 2 is 1.70 bits per heavy atom. The number of alkyl halides is 3. The van der Waals surface area contributed by atoms with Crippen LogP contribution in [0.4, 0.5) is 13.2 Å². The molecule has 9 heteroatoms. The van der Waals surface area contributed by atoms with E-state index < -0.39 is 29.1 Å². The Morgan fingerprint density at radius 3 is 2.21 bits per heavy atom. The zero-order valence-corrected chi connectivity index (χ0v) is 18.6. The summed E-state index contributed by atoms with van der Waals surface area (Å²) >= 11 is 0. The summed E-state index contributed by atoms with van der Waals surface area (Å²) in [6.45, 7) is 3.53. The van der Waals surface area contributed by atoms with Crippen LogP contribution in [0.25, 0.3) is 11.1 Å². The third kappa shape index (κ3) is 4.86. The van der Waals surface area contributed by atoms with E-state index in [2.05, 4.69) is 16.0 Å². The van der Waals surface area contributed by atoms with Crippen molar-refractivity contribution in [3.63, 3.8) is 0 Å². The number of benzene rings is 2. The van der Waals surface area contributed by atoms with Gasteiger partial charge in [-0.15, -0.1) is 0 Å². The number of halogens is 3. The summed E-state index contributed by atoms with van der Waals surface area (Å²) in [5, 5.41) is 7.88. The molecular formula is C24H26F3N3O3. The van der Waals surface area contributed by atoms with Crippen LogP contribution in [0.2, 0.25) is 0 Å². The van der Waals surface area contributed by atoms with E-state index in [1.807, 2.05) is 6.92 Å². The summed E-state index contributed by atoms with van der Waals surface area (Å²) in [4.78, 5) is 37.0. The lowest BCUT2D eigenvalue weighted by Gasteiger charge is -2.32. The molecule has 2 aromatic rings. The zero-order chi connectivity index (χ0) is 24.4. The van der Waals surface area contributed by atoms with Gasteiger partial charge in [0.2, 0.25) is 12.3 Å². The molecule has 3 rings (SSSR count). The molecule has 3 N–H and O–H groups in total. The molecule has 2 aromatic carbocycles. The summed E-state index contributed by atoms with van der Waals surface area (Å²) in [5.41, 5.74) is 0.852.